The molecule has 1 fully saturated rings. The van der Waals surface area contributed by atoms with Gasteiger partial charge in [-0.2, -0.15) is 4.31 Å². The molecule has 0 aliphatic carbocycles. The monoisotopic (exact) mass is 338 g/mol. The van der Waals surface area contributed by atoms with Gasteiger partial charge in [-0.1, -0.05) is 32.9 Å². The molecule has 4 nitrogen and oxygen atoms in total. The number of rotatable bonds is 7. The third kappa shape index (κ3) is 4.55. The van der Waals surface area contributed by atoms with E-state index in [0.717, 1.165) is 32.4 Å². The Morgan fingerprint density at radius 2 is 1.78 bits per heavy atom. The van der Waals surface area contributed by atoms with Crippen molar-refractivity contribution in [3.8, 4) is 0 Å². The number of hydrogen-bond donors (Lipinski definition) is 1. The molecule has 0 amide bonds. The summed E-state index contributed by atoms with van der Waals surface area (Å²) in [5.41, 5.74) is 1.20. The highest BCUT2D eigenvalue weighted by Crippen LogP contribution is 2.25. The van der Waals surface area contributed by atoms with Gasteiger partial charge in [-0.15, -0.1) is 0 Å². The first-order valence-corrected chi connectivity index (χ1v) is 10.2. The van der Waals surface area contributed by atoms with Gasteiger partial charge in [-0.05, 0) is 61.9 Å². The van der Waals surface area contributed by atoms with Crippen LogP contribution in [0.25, 0.3) is 0 Å². The molecule has 1 saturated heterocycles. The third-order valence-electron chi connectivity index (χ3n) is 4.96. The topological polar surface area (TPSA) is 49.4 Å². The number of sulfonamides is 1. The standard InChI is InChI=1S/C18H30N2O2S/c1-4-15(3)17-6-8-18(9-7-17)23(21,22)20-12-10-16(11-13-20)14-19-5-2/h6-9,15-16,19H,4-5,10-14H2,1-3H3. The molecule has 1 unspecified atom stereocenters. The van der Waals surface area contributed by atoms with E-state index in [1.807, 2.05) is 12.1 Å². The van der Waals surface area contributed by atoms with Crippen molar-refractivity contribution >= 4 is 10.0 Å². The molecule has 1 atom stereocenters. The van der Waals surface area contributed by atoms with E-state index in [0.29, 0.717) is 29.8 Å². The lowest BCUT2D eigenvalue weighted by molar-refractivity contribution is 0.268. The zero-order valence-corrected chi connectivity index (χ0v) is 15.4. The molecular formula is C18H30N2O2S. The molecule has 1 aliphatic heterocycles. The smallest absolute Gasteiger partial charge is 0.243 e. The summed E-state index contributed by atoms with van der Waals surface area (Å²) in [5, 5.41) is 3.36. The molecule has 0 spiro atoms. The van der Waals surface area contributed by atoms with Gasteiger partial charge in [0, 0.05) is 13.1 Å². The Kier molecular flexibility index (Phi) is 6.62. The van der Waals surface area contributed by atoms with E-state index in [2.05, 4.69) is 26.1 Å². The normalized spacial score (nSPS) is 18.9. The van der Waals surface area contributed by atoms with Gasteiger partial charge < -0.3 is 5.32 Å². The van der Waals surface area contributed by atoms with Crippen LogP contribution >= 0.6 is 0 Å². The quantitative estimate of drug-likeness (QED) is 0.830. The van der Waals surface area contributed by atoms with E-state index in [9.17, 15) is 8.42 Å². The molecule has 130 valence electrons. The molecule has 0 saturated carbocycles. The van der Waals surface area contributed by atoms with Gasteiger partial charge >= 0.3 is 0 Å². The van der Waals surface area contributed by atoms with Gasteiger partial charge in [0.2, 0.25) is 10.0 Å². The van der Waals surface area contributed by atoms with E-state index in [-0.39, 0.29) is 0 Å². The average molecular weight is 339 g/mol. The second-order valence-corrected chi connectivity index (χ2v) is 8.47. The summed E-state index contributed by atoms with van der Waals surface area (Å²) in [4.78, 5) is 0.426. The Morgan fingerprint density at radius 3 is 2.30 bits per heavy atom. The highest BCUT2D eigenvalue weighted by atomic mass is 32.2. The summed E-state index contributed by atoms with van der Waals surface area (Å²) < 4.78 is 27.2. The summed E-state index contributed by atoms with van der Waals surface area (Å²) >= 11 is 0. The molecule has 2 rings (SSSR count). The Balaban J connectivity index is 2.02. The highest BCUT2D eigenvalue weighted by Gasteiger charge is 2.29. The minimum Gasteiger partial charge on any atom is -0.317 e. The highest BCUT2D eigenvalue weighted by molar-refractivity contribution is 7.89. The second-order valence-electron chi connectivity index (χ2n) is 6.53. The van der Waals surface area contributed by atoms with E-state index in [1.165, 1.54) is 5.56 Å². The summed E-state index contributed by atoms with van der Waals surface area (Å²) in [6.45, 7) is 9.64. The fourth-order valence-corrected chi connectivity index (χ4v) is 4.53. The fourth-order valence-electron chi connectivity index (χ4n) is 3.06. The van der Waals surface area contributed by atoms with Gasteiger partial charge in [0.15, 0.2) is 0 Å². The molecule has 1 aromatic rings. The molecule has 5 heteroatoms. The van der Waals surface area contributed by atoms with Crippen molar-refractivity contribution in [3.05, 3.63) is 29.8 Å². The zero-order valence-electron chi connectivity index (χ0n) is 14.6. The number of nitrogens with one attached hydrogen (secondary N) is 1. The molecule has 0 bridgehead atoms. The van der Waals surface area contributed by atoms with Crippen molar-refractivity contribution < 1.29 is 8.42 Å². The van der Waals surface area contributed by atoms with Crippen LogP contribution in [-0.2, 0) is 10.0 Å². The van der Waals surface area contributed by atoms with Crippen LogP contribution in [-0.4, -0.2) is 38.9 Å². The minimum absolute atomic E-state index is 0.426. The maximum absolute atomic E-state index is 12.8. The SMILES string of the molecule is CCNCC1CCN(S(=O)(=O)c2ccc(C(C)CC)cc2)CC1. The lowest BCUT2D eigenvalue weighted by atomic mass is 9.98. The molecule has 0 aromatic heterocycles. The van der Waals surface area contributed by atoms with Crippen LogP contribution in [0.5, 0.6) is 0 Å². The van der Waals surface area contributed by atoms with Crippen molar-refractivity contribution in [2.75, 3.05) is 26.2 Å². The van der Waals surface area contributed by atoms with Crippen LogP contribution in [0.15, 0.2) is 29.2 Å². The van der Waals surface area contributed by atoms with Gasteiger partial charge in [-0.3, -0.25) is 0 Å². The first-order chi connectivity index (χ1) is 11.0. The summed E-state index contributed by atoms with van der Waals surface area (Å²) in [6, 6.07) is 7.45. The zero-order chi connectivity index (χ0) is 16.9. The van der Waals surface area contributed by atoms with Crippen molar-refractivity contribution in [3.63, 3.8) is 0 Å². The van der Waals surface area contributed by atoms with Gasteiger partial charge in [0.05, 0.1) is 4.90 Å². The van der Waals surface area contributed by atoms with Crippen molar-refractivity contribution in [2.24, 2.45) is 5.92 Å². The Hall–Kier alpha value is -0.910. The molecule has 1 heterocycles. The molecular weight excluding hydrogens is 308 g/mol. The summed E-state index contributed by atoms with van der Waals surface area (Å²) in [6.07, 6.45) is 2.94. The molecule has 23 heavy (non-hydrogen) atoms. The first-order valence-electron chi connectivity index (χ1n) is 8.79. The Bertz CT molecular complexity index is 576. The first kappa shape index (κ1) is 18.4. The van der Waals surface area contributed by atoms with Crippen LogP contribution in [0.1, 0.15) is 51.5 Å². The lowest BCUT2D eigenvalue weighted by Gasteiger charge is -2.31. The van der Waals surface area contributed by atoms with E-state index in [4.69, 9.17) is 0 Å². The minimum atomic E-state index is -3.34. The van der Waals surface area contributed by atoms with Gasteiger partial charge in [-0.25, -0.2) is 8.42 Å². The summed E-state index contributed by atoms with van der Waals surface area (Å²) in [5.74, 6) is 1.06. The maximum Gasteiger partial charge on any atom is 0.243 e. The van der Waals surface area contributed by atoms with Gasteiger partial charge in [0.1, 0.15) is 0 Å². The van der Waals surface area contributed by atoms with Crippen molar-refractivity contribution in [2.45, 2.75) is 50.8 Å². The number of piperidine rings is 1. The second kappa shape index (κ2) is 8.27. The Morgan fingerprint density at radius 1 is 1.17 bits per heavy atom. The maximum atomic E-state index is 12.8. The summed E-state index contributed by atoms with van der Waals surface area (Å²) in [7, 11) is -3.34. The van der Waals surface area contributed by atoms with E-state index < -0.39 is 10.0 Å². The molecule has 0 radical (unpaired) electrons. The van der Waals surface area contributed by atoms with Crippen LogP contribution in [0.4, 0.5) is 0 Å². The van der Waals surface area contributed by atoms with Crippen LogP contribution in [0.2, 0.25) is 0 Å². The molecule has 1 aromatic carbocycles. The lowest BCUT2D eigenvalue weighted by Crippen LogP contribution is -2.40. The van der Waals surface area contributed by atoms with E-state index in [1.54, 1.807) is 16.4 Å². The van der Waals surface area contributed by atoms with Crippen LogP contribution in [0, 0.1) is 5.92 Å². The Labute approximate surface area is 141 Å². The number of nitrogens with zero attached hydrogens (tertiary/aromatic N) is 1. The van der Waals surface area contributed by atoms with E-state index >= 15 is 0 Å². The molecule has 1 aliphatic rings. The predicted octanol–water partition coefficient (Wildman–Crippen LogP) is 3.21. The third-order valence-corrected chi connectivity index (χ3v) is 6.87. The number of hydrogen-bond acceptors (Lipinski definition) is 3. The number of benzene rings is 1. The average Bonchev–Trinajstić information content (AvgIpc) is 2.59. The van der Waals surface area contributed by atoms with Crippen LogP contribution < -0.4 is 5.32 Å². The largest absolute Gasteiger partial charge is 0.317 e. The van der Waals surface area contributed by atoms with Crippen molar-refractivity contribution in [1.82, 2.24) is 9.62 Å². The fraction of sp³-hybridized carbons (Fsp3) is 0.667. The molecule has 1 N–H and O–H groups in total. The van der Waals surface area contributed by atoms with Crippen molar-refractivity contribution in [1.29, 1.82) is 0 Å². The van der Waals surface area contributed by atoms with Crippen LogP contribution in [0.3, 0.4) is 0 Å². The predicted molar refractivity (Wildman–Crippen MR) is 95.2 cm³/mol. The van der Waals surface area contributed by atoms with Gasteiger partial charge in [0.25, 0.3) is 0 Å².